The Morgan fingerprint density at radius 2 is 1.79 bits per heavy atom. The predicted molar refractivity (Wildman–Crippen MR) is 184 cm³/mol. The molecule has 3 amide bonds. The average Bonchev–Trinajstić information content (AvgIpc) is 3.44. The Kier molecular flexibility index (Phi) is 10.4. The van der Waals surface area contributed by atoms with Crippen LogP contribution in [0.25, 0.3) is 0 Å². The Morgan fingerprint density at radius 1 is 1.11 bits per heavy atom. The molecule has 2 aliphatic heterocycles. The first-order chi connectivity index (χ1) is 22.3. The summed E-state index contributed by atoms with van der Waals surface area (Å²) in [5.41, 5.74) is 1.31. The minimum atomic E-state index is -3.51. The van der Waals surface area contributed by atoms with Crippen LogP contribution in [-0.2, 0) is 37.8 Å². The maximum Gasteiger partial charge on any atom is 0.264 e. The van der Waals surface area contributed by atoms with Crippen molar-refractivity contribution in [3.8, 4) is 0 Å². The summed E-state index contributed by atoms with van der Waals surface area (Å²) in [6.07, 6.45) is -2.13. The van der Waals surface area contributed by atoms with Gasteiger partial charge < -0.3 is 34.2 Å². The van der Waals surface area contributed by atoms with Crippen LogP contribution < -0.4 is 10.2 Å². The summed E-state index contributed by atoms with van der Waals surface area (Å²) in [6.45, 7) is 6.81. The number of rotatable bonds is 11. The van der Waals surface area contributed by atoms with Crippen molar-refractivity contribution in [2.45, 2.75) is 69.8 Å². The van der Waals surface area contributed by atoms with E-state index in [1.807, 2.05) is 55.5 Å². The van der Waals surface area contributed by atoms with Crippen LogP contribution in [0.15, 0.2) is 77.3 Å². The summed E-state index contributed by atoms with van der Waals surface area (Å²) in [6, 6.07) is 22.0. The Bertz CT molecular complexity index is 1620. The van der Waals surface area contributed by atoms with Crippen LogP contribution in [0.2, 0.25) is 18.6 Å². The summed E-state index contributed by atoms with van der Waals surface area (Å²) in [4.78, 5) is 43.5. The molecular formula is C35H41BrFN3O6Si. The third kappa shape index (κ3) is 7.07. The van der Waals surface area contributed by atoms with E-state index in [0.29, 0.717) is 23.5 Å². The van der Waals surface area contributed by atoms with Gasteiger partial charge in [-0.3, -0.25) is 14.4 Å². The fourth-order valence-electron chi connectivity index (χ4n) is 7.02. The summed E-state index contributed by atoms with van der Waals surface area (Å²) in [5.74, 6) is -1.70. The molecule has 1 saturated heterocycles. The highest BCUT2D eigenvalue weighted by molar-refractivity contribution is 9.10. The first-order valence-electron chi connectivity index (χ1n) is 15.8. The number of ether oxygens (including phenoxy) is 1. The number of hydrogen-bond donors (Lipinski definition) is 3. The average molecular weight is 727 g/mol. The summed E-state index contributed by atoms with van der Waals surface area (Å²) in [7, 11) is -3.51. The summed E-state index contributed by atoms with van der Waals surface area (Å²) in [5, 5.41) is 21.9. The molecule has 1 fully saturated rings. The van der Waals surface area contributed by atoms with Crippen LogP contribution in [-0.4, -0.2) is 66.6 Å². The van der Waals surface area contributed by atoms with Gasteiger partial charge in [0.1, 0.15) is 6.10 Å². The molecule has 0 unspecified atom stereocenters. The third-order valence-corrected chi connectivity index (χ3v) is 12.1. The van der Waals surface area contributed by atoms with Gasteiger partial charge in [0.25, 0.3) is 11.8 Å². The molecule has 0 aromatic heterocycles. The van der Waals surface area contributed by atoms with E-state index < -0.39 is 43.6 Å². The van der Waals surface area contributed by atoms with Crippen molar-refractivity contribution >= 4 is 53.4 Å². The van der Waals surface area contributed by atoms with Gasteiger partial charge in [-0.1, -0.05) is 65.3 Å². The van der Waals surface area contributed by atoms with Crippen LogP contribution in [0.1, 0.15) is 37.0 Å². The van der Waals surface area contributed by atoms with Gasteiger partial charge in [0.15, 0.2) is 5.60 Å². The second-order valence-electron chi connectivity index (χ2n) is 12.9. The maximum atomic E-state index is 16.3. The van der Waals surface area contributed by atoms with E-state index in [4.69, 9.17) is 4.74 Å². The smallest absolute Gasteiger partial charge is 0.264 e. The lowest BCUT2D eigenvalue weighted by Crippen LogP contribution is -2.45. The number of carbonyl (C=O) groups is 3. The summed E-state index contributed by atoms with van der Waals surface area (Å²) >= 11 is 3.55. The lowest BCUT2D eigenvalue weighted by atomic mass is 9.82. The number of anilines is 2. The molecule has 3 aromatic carbocycles. The number of carbonyl (C=O) groups excluding carboxylic acids is 3. The minimum Gasteiger partial charge on any atom is -0.395 e. The van der Waals surface area contributed by atoms with Gasteiger partial charge in [-0.25, -0.2) is 0 Å². The molecular weight excluding hydrogens is 685 g/mol. The molecule has 3 aromatic rings. The fourth-order valence-corrected chi connectivity index (χ4v) is 9.87. The third-order valence-electron chi connectivity index (χ3n) is 9.18. The molecule has 5 atom stereocenters. The van der Waals surface area contributed by atoms with Crippen molar-refractivity contribution in [1.29, 1.82) is 0 Å². The van der Waals surface area contributed by atoms with E-state index in [1.165, 1.54) is 6.92 Å². The van der Waals surface area contributed by atoms with Crippen LogP contribution in [0, 0.1) is 5.92 Å². The second-order valence-corrected chi connectivity index (χ2v) is 17.6. The van der Waals surface area contributed by atoms with Gasteiger partial charge >= 0.3 is 0 Å². The minimum absolute atomic E-state index is 0.117. The lowest BCUT2D eigenvalue weighted by molar-refractivity contribution is -0.150. The van der Waals surface area contributed by atoms with E-state index >= 15 is 4.11 Å². The molecule has 250 valence electrons. The van der Waals surface area contributed by atoms with E-state index in [2.05, 4.69) is 21.2 Å². The number of aliphatic hydroxyl groups excluding tert-OH is 2. The molecule has 0 saturated carbocycles. The number of halogens is 2. The molecule has 2 aliphatic rings. The molecule has 5 rings (SSSR count). The first kappa shape index (κ1) is 34.9. The molecule has 0 bridgehead atoms. The van der Waals surface area contributed by atoms with Crippen molar-refractivity contribution in [2.75, 3.05) is 23.4 Å². The molecule has 0 radical (unpaired) electrons. The zero-order valence-corrected chi connectivity index (χ0v) is 29.5. The van der Waals surface area contributed by atoms with Gasteiger partial charge in [0.05, 0.1) is 31.4 Å². The monoisotopic (exact) mass is 725 g/mol. The Labute approximate surface area is 284 Å². The number of amides is 3. The second kappa shape index (κ2) is 14.0. The van der Waals surface area contributed by atoms with E-state index in [-0.39, 0.29) is 37.9 Å². The molecule has 47 heavy (non-hydrogen) atoms. The van der Waals surface area contributed by atoms with Crippen molar-refractivity contribution < 1.29 is 33.4 Å². The van der Waals surface area contributed by atoms with Gasteiger partial charge in [0, 0.05) is 40.3 Å². The van der Waals surface area contributed by atoms with Crippen LogP contribution in [0.5, 0.6) is 0 Å². The topological polar surface area (TPSA) is 119 Å². The molecule has 3 N–H and O–H groups in total. The molecule has 9 nitrogen and oxygen atoms in total. The van der Waals surface area contributed by atoms with Crippen molar-refractivity contribution in [3.05, 3.63) is 94.0 Å². The van der Waals surface area contributed by atoms with Gasteiger partial charge in [-0.2, -0.15) is 0 Å². The molecule has 1 spiro atoms. The standard InChI is InChI=1S/C35H41BrFN3O6Si/c1-22-32(47(3,4)37)30(19-31(43)39(16-17-41)20-24-8-6-5-7-9-24)46-35(22)28-18-26(36)12-15-29(28)40(34(35)45)21-25-10-13-27(14-11-25)38-33(44)23(2)42/h5-15,18,22-23,30,32,41-42H,16-17,19-21H2,1-4H3,(H,38,44)/t22-,23+,30+,32-,35+/m1/s1. The maximum absolute atomic E-state index is 16.3. The normalized spacial score (nSPS) is 22.8. The zero-order valence-electron chi connectivity index (χ0n) is 27.0. The number of aliphatic hydroxyl groups is 2. The van der Waals surface area contributed by atoms with Crippen LogP contribution in [0.4, 0.5) is 15.5 Å². The Balaban J connectivity index is 1.46. The van der Waals surface area contributed by atoms with E-state index in [9.17, 15) is 24.6 Å². The van der Waals surface area contributed by atoms with E-state index in [0.717, 1.165) is 15.6 Å². The largest absolute Gasteiger partial charge is 0.395 e. The van der Waals surface area contributed by atoms with Gasteiger partial charge in [-0.05, 0) is 61.5 Å². The van der Waals surface area contributed by atoms with Gasteiger partial charge in [0.2, 0.25) is 14.3 Å². The van der Waals surface area contributed by atoms with E-state index in [1.54, 1.807) is 47.2 Å². The number of nitrogens with one attached hydrogen (secondary N) is 1. The summed E-state index contributed by atoms with van der Waals surface area (Å²) < 4.78 is 23.8. The number of hydrogen-bond acceptors (Lipinski definition) is 6. The van der Waals surface area contributed by atoms with Crippen LogP contribution >= 0.6 is 15.9 Å². The fraction of sp³-hybridized carbons (Fsp3) is 0.400. The lowest BCUT2D eigenvalue weighted by Gasteiger charge is -2.31. The highest BCUT2D eigenvalue weighted by atomic mass is 79.9. The Hall–Kier alpha value is -3.42. The number of benzene rings is 3. The molecule has 2 heterocycles. The quantitative estimate of drug-likeness (QED) is 0.178. The number of fused-ring (bicyclic) bond motifs is 2. The Morgan fingerprint density at radius 3 is 2.40 bits per heavy atom. The molecule has 12 heteroatoms. The SMILES string of the molecule is C[C@H](O)C(=O)Nc1ccc(CN2C(=O)[C@@]3(O[C@@H](CC(=O)N(CCO)Cc4ccccc4)[C@H]([Si](C)(C)F)[C@H]3C)c3cc(Br)ccc32)cc1. The van der Waals surface area contributed by atoms with Gasteiger partial charge in [-0.15, -0.1) is 0 Å². The van der Waals surface area contributed by atoms with Crippen molar-refractivity contribution in [2.24, 2.45) is 5.92 Å². The van der Waals surface area contributed by atoms with Crippen molar-refractivity contribution in [3.63, 3.8) is 0 Å². The van der Waals surface area contributed by atoms with Crippen LogP contribution in [0.3, 0.4) is 0 Å². The first-order valence-corrected chi connectivity index (χ1v) is 19.5. The highest BCUT2D eigenvalue weighted by Gasteiger charge is 2.67. The highest BCUT2D eigenvalue weighted by Crippen LogP contribution is 2.60. The van der Waals surface area contributed by atoms with Crippen molar-refractivity contribution in [1.82, 2.24) is 4.90 Å². The number of nitrogens with zero attached hydrogens (tertiary/aromatic N) is 2. The zero-order chi connectivity index (χ0) is 34.1. The molecule has 0 aliphatic carbocycles. The predicted octanol–water partition coefficient (Wildman–Crippen LogP) is 5.50.